The number of rotatable bonds is 4. The number of anilines is 2. The van der Waals surface area contributed by atoms with Gasteiger partial charge in [-0.05, 0) is 25.1 Å². The van der Waals surface area contributed by atoms with Crippen LogP contribution in [0.1, 0.15) is 6.92 Å². The maximum atomic E-state index is 5.96. The van der Waals surface area contributed by atoms with Gasteiger partial charge in [0.2, 0.25) is 0 Å². The summed E-state index contributed by atoms with van der Waals surface area (Å²) >= 11 is 5.96. The number of aromatic nitrogens is 2. The monoisotopic (exact) mass is 250 g/mol. The maximum absolute atomic E-state index is 5.96. The van der Waals surface area contributed by atoms with Crippen LogP contribution in [0.15, 0.2) is 36.7 Å². The molecule has 1 atom stereocenters. The zero-order valence-electron chi connectivity index (χ0n) is 9.60. The Bertz CT molecular complexity index is 481. The Labute approximate surface area is 105 Å². The third-order valence-corrected chi connectivity index (χ3v) is 2.80. The molecule has 0 aliphatic carbocycles. The molecular formula is C12H15ClN4. The van der Waals surface area contributed by atoms with Crippen LogP contribution in [-0.2, 0) is 6.54 Å². The minimum atomic E-state index is 0.218. The van der Waals surface area contributed by atoms with Crippen LogP contribution >= 0.6 is 11.6 Å². The molecule has 0 saturated heterocycles. The fourth-order valence-electron chi connectivity index (χ4n) is 1.66. The van der Waals surface area contributed by atoms with E-state index in [0.717, 1.165) is 12.2 Å². The molecule has 1 unspecified atom stereocenters. The molecule has 5 heteroatoms. The molecule has 0 spiro atoms. The van der Waals surface area contributed by atoms with E-state index in [2.05, 4.69) is 17.3 Å². The molecule has 1 aromatic carbocycles. The van der Waals surface area contributed by atoms with Gasteiger partial charge >= 0.3 is 0 Å². The third-order valence-electron chi connectivity index (χ3n) is 2.47. The van der Waals surface area contributed by atoms with E-state index >= 15 is 0 Å². The van der Waals surface area contributed by atoms with E-state index in [9.17, 15) is 0 Å². The highest BCUT2D eigenvalue weighted by atomic mass is 35.5. The highest BCUT2D eigenvalue weighted by Gasteiger charge is 2.07. The summed E-state index contributed by atoms with van der Waals surface area (Å²) in [5, 5.41) is 8.05. The Balaban J connectivity index is 2.03. The van der Waals surface area contributed by atoms with Crippen molar-refractivity contribution >= 4 is 23.0 Å². The second-order valence-corrected chi connectivity index (χ2v) is 4.38. The molecule has 0 aliphatic rings. The van der Waals surface area contributed by atoms with Crippen molar-refractivity contribution in [1.82, 2.24) is 9.78 Å². The van der Waals surface area contributed by atoms with Gasteiger partial charge in [-0.25, -0.2) is 0 Å². The lowest BCUT2D eigenvalue weighted by Crippen LogP contribution is -2.22. The lowest BCUT2D eigenvalue weighted by Gasteiger charge is -2.17. The van der Waals surface area contributed by atoms with Crippen molar-refractivity contribution in [3.63, 3.8) is 0 Å². The van der Waals surface area contributed by atoms with Gasteiger partial charge in [0.25, 0.3) is 0 Å². The normalized spacial score (nSPS) is 12.4. The SMILES string of the molecule is CC(Cn1cccn1)Nc1cccc(Cl)c1N. The molecule has 0 saturated carbocycles. The van der Waals surface area contributed by atoms with Gasteiger partial charge < -0.3 is 11.1 Å². The summed E-state index contributed by atoms with van der Waals surface area (Å²) in [6.45, 7) is 2.85. The molecule has 4 nitrogen and oxygen atoms in total. The standard InChI is InChI=1S/C12H15ClN4/c1-9(8-17-7-3-6-15-17)16-11-5-2-4-10(13)12(11)14/h2-7,9,16H,8,14H2,1H3. The molecular weight excluding hydrogens is 236 g/mol. The van der Waals surface area contributed by atoms with Crippen LogP contribution in [0.25, 0.3) is 0 Å². The number of hydrogen-bond acceptors (Lipinski definition) is 3. The average molecular weight is 251 g/mol. The third kappa shape index (κ3) is 2.91. The molecule has 0 amide bonds. The molecule has 0 radical (unpaired) electrons. The van der Waals surface area contributed by atoms with Crippen LogP contribution < -0.4 is 11.1 Å². The van der Waals surface area contributed by atoms with Crippen molar-refractivity contribution in [2.45, 2.75) is 19.5 Å². The Kier molecular flexibility index (Phi) is 3.54. The summed E-state index contributed by atoms with van der Waals surface area (Å²) in [6.07, 6.45) is 3.69. The highest BCUT2D eigenvalue weighted by Crippen LogP contribution is 2.27. The van der Waals surface area contributed by atoms with E-state index in [-0.39, 0.29) is 6.04 Å². The smallest absolute Gasteiger partial charge is 0.0739 e. The zero-order chi connectivity index (χ0) is 12.3. The lowest BCUT2D eigenvalue weighted by molar-refractivity contribution is 0.561. The van der Waals surface area contributed by atoms with Gasteiger partial charge in [-0.2, -0.15) is 5.10 Å². The van der Waals surface area contributed by atoms with E-state index in [1.54, 1.807) is 12.3 Å². The predicted octanol–water partition coefficient (Wildman–Crippen LogP) is 2.62. The predicted molar refractivity (Wildman–Crippen MR) is 71.2 cm³/mol. The first kappa shape index (κ1) is 11.8. The number of nitrogens with two attached hydrogens (primary N) is 1. The molecule has 1 aromatic heterocycles. The molecule has 90 valence electrons. The molecule has 1 heterocycles. The fraction of sp³-hybridized carbons (Fsp3) is 0.250. The molecule has 17 heavy (non-hydrogen) atoms. The molecule has 0 bridgehead atoms. The van der Waals surface area contributed by atoms with Crippen LogP contribution in [0.5, 0.6) is 0 Å². The second kappa shape index (κ2) is 5.10. The van der Waals surface area contributed by atoms with Gasteiger partial charge in [-0.1, -0.05) is 17.7 Å². The van der Waals surface area contributed by atoms with Gasteiger partial charge in [0.15, 0.2) is 0 Å². The Hall–Kier alpha value is -1.68. The van der Waals surface area contributed by atoms with Crippen LogP contribution in [0.4, 0.5) is 11.4 Å². The van der Waals surface area contributed by atoms with E-state index in [1.165, 1.54) is 0 Å². The molecule has 3 N–H and O–H groups in total. The number of nitrogen functional groups attached to an aromatic ring is 1. The summed E-state index contributed by atoms with van der Waals surface area (Å²) in [7, 11) is 0. The van der Waals surface area contributed by atoms with Crippen LogP contribution in [0.2, 0.25) is 5.02 Å². The number of benzene rings is 1. The molecule has 2 aromatic rings. The number of halogens is 1. The van der Waals surface area contributed by atoms with Gasteiger partial charge in [-0.3, -0.25) is 4.68 Å². The Morgan fingerprint density at radius 3 is 3.00 bits per heavy atom. The summed E-state index contributed by atoms with van der Waals surface area (Å²) in [5.41, 5.74) is 7.33. The van der Waals surface area contributed by atoms with Crippen molar-refractivity contribution in [3.8, 4) is 0 Å². The first-order valence-corrected chi connectivity index (χ1v) is 5.82. The summed E-state index contributed by atoms with van der Waals surface area (Å²) in [4.78, 5) is 0. The van der Waals surface area contributed by atoms with Crippen LogP contribution in [-0.4, -0.2) is 15.8 Å². The van der Waals surface area contributed by atoms with E-state index in [1.807, 2.05) is 29.1 Å². The van der Waals surface area contributed by atoms with E-state index in [4.69, 9.17) is 17.3 Å². The van der Waals surface area contributed by atoms with Crippen molar-refractivity contribution in [2.24, 2.45) is 0 Å². The minimum absolute atomic E-state index is 0.218. The van der Waals surface area contributed by atoms with Gasteiger partial charge in [0, 0.05) is 18.4 Å². The topological polar surface area (TPSA) is 55.9 Å². The fourth-order valence-corrected chi connectivity index (χ4v) is 1.84. The second-order valence-electron chi connectivity index (χ2n) is 3.97. The molecule has 2 rings (SSSR count). The highest BCUT2D eigenvalue weighted by molar-refractivity contribution is 6.33. The summed E-state index contributed by atoms with van der Waals surface area (Å²) in [5.74, 6) is 0. The number of nitrogens with zero attached hydrogens (tertiary/aromatic N) is 2. The largest absolute Gasteiger partial charge is 0.396 e. The average Bonchev–Trinajstić information content (AvgIpc) is 2.77. The Morgan fingerprint density at radius 1 is 1.47 bits per heavy atom. The van der Waals surface area contributed by atoms with Gasteiger partial charge in [-0.15, -0.1) is 0 Å². The van der Waals surface area contributed by atoms with Crippen LogP contribution in [0, 0.1) is 0 Å². The summed E-state index contributed by atoms with van der Waals surface area (Å²) < 4.78 is 1.87. The molecule has 0 aliphatic heterocycles. The van der Waals surface area contributed by atoms with Crippen molar-refractivity contribution in [1.29, 1.82) is 0 Å². The number of para-hydroxylation sites is 1. The maximum Gasteiger partial charge on any atom is 0.0739 e. The minimum Gasteiger partial charge on any atom is -0.396 e. The van der Waals surface area contributed by atoms with Crippen molar-refractivity contribution in [2.75, 3.05) is 11.1 Å². The number of hydrogen-bond donors (Lipinski definition) is 2. The van der Waals surface area contributed by atoms with Crippen LogP contribution in [0.3, 0.4) is 0 Å². The lowest BCUT2D eigenvalue weighted by atomic mass is 10.2. The van der Waals surface area contributed by atoms with Crippen molar-refractivity contribution in [3.05, 3.63) is 41.7 Å². The number of nitrogens with one attached hydrogen (secondary N) is 1. The van der Waals surface area contributed by atoms with Crippen molar-refractivity contribution < 1.29 is 0 Å². The van der Waals surface area contributed by atoms with E-state index < -0.39 is 0 Å². The van der Waals surface area contributed by atoms with Gasteiger partial charge in [0.05, 0.1) is 22.9 Å². The van der Waals surface area contributed by atoms with Gasteiger partial charge in [0.1, 0.15) is 0 Å². The Morgan fingerprint density at radius 2 is 2.29 bits per heavy atom. The van der Waals surface area contributed by atoms with E-state index in [0.29, 0.717) is 10.7 Å². The first-order chi connectivity index (χ1) is 8.16. The molecule has 0 fully saturated rings. The zero-order valence-corrected chi connectivity index (χ0v) is 10.4. The quantitative estimate of drug-likeness (QED) is 0.821. The summed E-state index contributed by atoms with van der Waals surface area (Å²) in [6, 6.07) is 7.69. The first-order valence-electron chi connectivity index (χ1n) is 5.45.